The monoisotopic (exact) mass is 295 g/mol. The number of H-pyrrole nitrogens is 1. The number of halogens is 2. The van der Waals surface area contributed by atoms with Gasteiger partial charge in [0.15, 0.2) is 0 Å². The Kier molecular flexibility index (Phi) is 3.29. The number of benzene rings is 1. The maximum Gasteiger partial charge on any atom is 0.126 e. The molecule has 0 unspecified atom stereocenters. The molecule has 3 nitrogen and oxygen atoms in total. The van der Waals surface area contributed by atoms with E-state index in [1.165, 1.54) is 0 Å². The van der Waals surface area contributed by atoms with Crippen molar-refractivity contribution < 1.29 is 0 Å². The lowest BCUT2D eigenvalue weighted by Crippen LogP contribution is -2.34. The van der Waals surface area contributed by atoms with Gasteiger partial charge in [0.25, 0.3) is 0 Å². The van der Waals surface area contributed by atoms with Crippen LogP contribution in [0.25, 0.3) is 11.3 Å². The standard InChI is InChI=1S/C14H15Cl2N3/c15-9-3-4-11(16)10(7-9)12-8-18-13(19-12)14(17)5-1-2-6-14/h3-4,7-8H,1-2,5-6,17H2,(H,18,19). The third kappa shape index (κ3) is 2.38. The first-order valence-corrected chi connectivity index (χ1v) is 7.14. The third-order valence-corrected chi connectivity index (χ3v) is 4.33. The molecule has 5 heteroatoms. The molecule has 1 aromatic heterocycles. The van der Waals surface area contributed by atoms with Gasteiger partial charge < -0.3 is 10.7 Å². The Hall–Kier alpha value is -1.03. The lowest BCUT2D eigenvalue weighted by atomic mass is 9.99. The highest BCUT2D eigenvalue weighted by atomic mass is 35.5. The van der Waals surface area contributed by atoms with Crippen molar-refractivity contribution in [3.05, 3.63) is 40.3 Å². The van der Waals surface area contributed by atoms with Gasteiger partial charge in [-0.05, 0) is 31.0 Å². The first kappa shape index (κ1) is 13.0. The van der Waals surface area contributed by atoms with Crippen LogP contribution in [0.2, 0.25) is 10.0 Å². The molecule has 3 N–H and O–H groups in total. The molecule has 2 aromatic rings. The van der Waals surface area contributed by atoms with Gasteiger partial charge in [-0.2, -0.15) is 0 Å². The Morgan fingerprint density at radius 3 is 2.68 bits per heavy atom. The van der Waals surface area contributed by atoms with E-state index >= 15 is 0 Å². The highest BCUT2D eigenvalue weighted by Crippen LogP contribution is 2.36. The summed E-state index contributed by atoms with van der Waals surface area (Å²) in [5.74, 6) is 0.844. The summed E-state index contributed by atoms with van der Waals surface area (Å²) in [5.41, 5.74) is 7.79. The molecule has 0 bridgehead atoms. The van der Waals surface area contributed by atoms with E-state index in [0.29, 0.717) is 10.0 Å². The number of hydrogen-bond donors (Lipinski definition) is 2. The van der Waals surface area contributed by atoms with Gasteiger partial charge in [-0.1, -0.05) is 36.0 Å². The summed E-state index contributed by atoms with van der Waals surface area (Å²) < 4.78 is 0. The number of aromatic nitrogens is 2. The fourth-order valence-corrected chi connectivity index (χ4v) is 3.05. The molecule has 0 aliphatic heterocycles. The van der Waals surface area contributed by atoms with E-state index in [4.69, 9.17) is 28.9 Å². The smallest absolute Gasteiger partial charge is 0.126 e. The number of rotatable bonds is 2. The molecule has 19 heavy (non-hydrogen) atoms. The predicted octanol–water partition coefficient (Wildman–Crippen LogP) is 4.11. The average Bonchev–Trinajstić information content (AvgIpc) is 3.02. The molecule has 100 valence electrons. The van der Waals surface area contributed by atoms with Crippen molar-refractivity contribution in [1.29, 1.82) is 0 Å². The van der Waals surface area contributed by atoms with Crippen molar-refractivity contribution >= 4 is 23.2 Å². The Bertz CT molecular complexity index is 600. The van der Waals surface area contributed by atoms with Gasteiger partial charge in [0.1, 0.15) is 5.82 Å². The summed E-state index contributed by atoms with van der Waals surface area (Å²) in [4.78, 5) is 7.74. The molecule has 1 aliphatic carbocycles. The van der Waals surface area contributed by atoms with Crippen LogP contribution >= 0.6 is 23.2 Å². The largest absolute Gasteiger partial charge is 0.340 e. The molecule has 0 radical (unpaired) electrons. The molecule has 0 amide bonds. The minimum absolute atomic E-state index is 0.316. The molecule has 3 rings (SSSR count). The van der Waals surface area contributed by atoms with Crippen LogP contribution in [0.4, 0.5) is 0 Å². The van der Waals surface area contributed by atoms with E-state index in [2.05, 4.69) is 9.97 Å². The van der Waals surface area contributed by atoms with Gasteiger partial charge in [0.05, 0.1) is 22.5 Å². The summed E-state index contributed by atoms with van der Waals surface area (Å²) in [6, 6.07) is 5.39. The molecule has 1 saturated carbocycles. The zero-order valence-corrected chi connectivity index (χ0v) is 11.9. The molecule has 0 spiro atoms. The highest BCUT2D eigenvalue weighted by Gasteiger charge is 2.34. The molecule has 1 aliphatic rings. The van der Waals surface area contributed by atoms with Gasteiger partial charge in [-0.3, -0.25) is 0 Å². The van der Waals surface area contributed by atoms with Crippen molar-refractivity contribution in [3.63, 3.8) is 0 Å². The van der Waals surface area contributed by atoms with Crippen LogP contribution in [0.5, 0.6) is 0 Å². The van der Waals surface area contributed by atoms with Crippen LogP contribution in [-0.2, 0) is 5.54 Å². The minimum Gasteiger partial charge on any atom is -0.340 e. The molecule has 1 aromatic carbocycles. The fraction of sp³-hybridized carbons (Fsp3) is 0.357. The first-order valence-electron chi connectivity index (χ1n) is 6.38. The van der Waals surface area contributed by atoms with Gasteiger partial charge in [-0.25, -0.2) is 4.98 Å². The van der Waals surface area contributed by atoms with Crippen LogP contribution in [-0.4, -0.2) is 9.97 Å². The molecule has 1 fully saturated rings. The predicted molar refractivity (Wildman–Crippen MR) is 78.4 cm³/mol. The van der Waals surface area contributed by atoms with Crippen molar-refractivity contribution in [2.24, 2.45) is 5.73 Å². The number of nitrogens with one attached hydrogen (secondary N) is 1. The minimum atomic E-state index is -0.316. The topological polar surface area (TPSA) is 54.7 Å². The highest BCUT2D eigenvalue weighted by molar-refractivity contribution is 6.35. The number of imidazole rings is 1. The fourth-order valence-electron chi connectivity index (χ4n) is 2.66. The Morgan fingerprint density at radius 2 is 1.95 bits per heavy atom. The second-order valence-corrected chi connectivity index (χ2v) is 5.98. The molecular formula is C14H15Cl2N3. The zero-order chi connectivity index (χ0) is 13.5. The summed E-state index contributed by atoms with van der Waals surface area (Å²) >= 11 is 12.2. The van der Waals surface area contributed by atoms with Gasteiger partial charge in [0, 0.05) is 10.6 Å². The van der Waals surface area contributed by atoms with Crippen molar-refractivity contribution in [2.75, 3.05) is 0 Å². The third-order valence-electron chi connectivity index (χ3n) is 3.76. The van der Waals surface area contributed by atoms with E-state index in [1.807, 2.05) is 6.07 Å². The Labute approximate surface area is 122 Å². The lowest BCUT2D eigenvalue weighted by Gasteiger charge is -2.20. The second-order valence-electron chi connectivity index (χ2n) is 5.13. The molecule has 0 saturated heterocycles. The average molecular weight is 296 g/mol. The molecule has 1 heterocycles. The van der Waals surface area contributed by atoms with Crippen molar-refractivity contribution in [1.82, 2.24) is 9.97 Å². The summed E-state index contributed by atoms with van der Waals surface area (Å²) in [5, 5.41) is 1.30. The zero-order valence-electron chi connectivity index (χ0n) is 10.4. The molecular weight excluding hydrogens is 281 g/mol. The number of nitrogens with zero attached hydrogens (tertiary/aromatic N) is 1. The summed E-state index contributed by atoms with van der Waals surface area (Å²) in [7, 11) is 0. The first-order chi connectivity index (χ1) is 9.08. The van der Waals surface area contributed by atoms with Crippen LogP contribution in [0.3, 0.4) is 0 Å². The van der Waals surface area contributed by atoms with Crippen LogP contribution in [0.1, 0.15) is 31.5 Å². The lowest BCUT2D eigenvalue weighted by molar-refractivity contribution is 0.436. The van der Waals surface area contributed by atoms with Gasteiger partial charge in [0.2, 0.25) is 0 Å². The van der Waals surface area contributed by atoms with Gasteiger partial charge in [-0.15, -0.1) is 0 Å². The van der Waals surface area contributed by atoms with E-state index in [-0.39, 0.29) is 5.54 Å². The molecule has 0 atom stereocenters. The number of nitrogens with two attached hydrogens (primary N) is 1. The quantitative estimate of drug-likeness (QED) is 0.876. The number of aromatic amines is 1. The van der Waals surface area contributed by atoms with Crippen LogP contribution in [0.15, 0.2) is 24.4 Å². The summed E-state index contributed by atoms with van der Waals surface area (Å²) in [6.07, 6.45) is 6.04. The van der Waals surface area contributed by atoms with Crippen LogP contribution < -0.4 is 5.73 Å². The van der Waals surface area contributed by atoms with Crippen molar-refractivity contribution in [3.8, 4) is 11.3 Å². The van der Waals surface area contributed by atoms with E-state index in [1.54, 1.807) is 18.3 Å². The maximum atomic E-state index is 6.39. The summed E-state index contributed by atoms with van der Waals surface area (Å²) in [6.45, 7) is 0. The Morgan fingerprint density at radius 1 is 1.21 bits per heavy atom. The SMILES string of the molecule is NC1(c2ncc(-c3cc(Cl)ccc3Cl)[nH]2)CCCC1. The van der Waals surface area contributed by atoms with Crippen LogP contribution in [0, 0.1) is 0 Å². The van der Waals surface area contributed by atoms with E-state index < -0.39 is 0 Å². The second kappa shape index (κ2) is 4.82. The van der Waals surface area contributed by atoms with E-state index in [9.17, 15) is 0 Å². The normalized spacial score (nSPS) is 17.8. The van der Waals surface area contributed by atoms with Crippen molar-refractivity contribution in [2.45, 2.75) is 31.2 Å². The van der Waals surface area contributed by atoms with E-state index in [0.717, 1.165) is 42.8 Å². The Balaban J connectivity index is 1.99. The maximum absolute atomic E-state index is 6.39. The number of hydrogen-bond acceptors (Lipinski definition) is 2. The van der Waals surface area contributed by atoms with Gasteiger partial charge >= 0.3 is 0 Å².